The Morgan fingerprint density at radius 1 is 1.03 bits per heavy atom. The van der Waals surface area contributed by atoms with Crippen LogP contribution in [0.15, 0.2) is 70.5 Å². The molecule has 2 amide bonds. The molecule has 0 bridgehead atoms. The summed E-state index contributed by atoms with van der Waals surface area (Å²) in [5.41, 5.74) is 10.8. The van der Waals surface area contributed by atoms with Crippen LogP contribution in [0.5, 0.6) is 5.75 Å². The van der Waals surface area contributed by atoms with Crippen LogP contribution in [0.3, 0.4) is 0 Å². The normalized spacial score (nSPS) is 21.5. The van der Waals surface area contributed by atoms with E-state index in [4.69, 9.17) is 10.5 Å². The average Bonchev–Trinajstić information content (AvgIpc) is 2.93. The Balaban J connectivity index is 1.20. The highest BCUT2D eigenvalue weighted by molar-refractivity contribution is 7.99. The number of carbonyl (C=O) groups is 1. The molecule has 3 aliphatic rings. The zero-order valence-electron chi connectivity index (χ0n) is 20.4. The number of aromatic hydroxyl groups is 1. The first-order valence-corrected chi connectivity index (χ1v) is 13.5. The van der Waals surface area contributed by atoms with Gasteiger partial charge in [0.15, 0.2) is 0 Å². The second-order valence-corrected chi connectivity index (χ2v) is 11.0. The summed E-state index contributed by atoms with van der Waals surface area (Å²) in [6.45, 7) is 3.67. The molecule has 7 heteroatoms. The highest BCUT2D eigenvalue weighted by Gasteiger charge is 2.38. The summed E-state index contributed by atoms with van der Waals surface area (Å²) in [5.74, 6) is 0.680. The summed E-state index contributed by atoms with van der Waals surface area (Å²) in [6.07, 6.45) is 2.19. The van der Waals surface area contributed by atoms with Crippen LogP contribution in [0.2, 0.25) is 0 Å². The van der Waals surface area contributed by atoms with E-state index in [1.165, 1.54) is 0 Å². The van der Waals surface area contributed by atoms with Gasteiger partial charge in [0, 0.05) is 41.4 Å². The number of hydrogen-bond acceptors (Lipinski definition) is 5. The Morgan fingerprint density at radius 2 is 1.67 bits per heavy atom. The van der Waals surface area contributed by atoms with Crippen molar-refractivity contribution in [2.75, 3.05) is 24.5 Å². The molecule has 6 rings (SSSR count). The maximum Gasteiger partial charge on any atom is 0.329 e. The van der Waals surface area contributed by atoms with Crippen molar-refractivity contribution in [2.24, 2.45) is 11.7 Å². The van der Waals surface area contributed by atoms with Crippen molar-refractivity contribution < 1.29 is 14.6 Å². The third-order valence-electron chi connectivity index (χ3n) is 7.79. The number of rotatable bonds is 2. The predicted octanol–water partition coefficient (Wildman–Crippen LogP) is 5.78. The zero-order valence-corrected chi connectivity index (χ0v) is 21.2. The molecule has 1 fully saturated rings. The number of ether oxygens (including phenoxy) is 1. The molecular formula is C29H31N3O3S. The Hall–Kier alpha value is -3.00. The van der Waals surface area contributed by atoms with Gasteiger partial charge >= 0.3 is 6.03 Å². The van der Waals surface area contributed by atoms with E-state index in [9.17, 15) is 9.90 Å². The number of urea groups is 1. The summed E-state index contributed by atoms with van der Waals surface area (Å²) in [7, 11) is 0. The smallest absolute Gasteiger partial charge is 0.329 e. The maximum atomic E-state index is 13.9. The van der Waals surface area contributed by atoms with Crippen LogP contribution in [-0.2, 0) is 11.2 Å². The molecule has 36 heavy (non-hydrogen) atoms. The largest absolute Gasteiger partial charge is 0.507 e. The lowest BCUT2D eigenvalue weighted by atomic mass is 9.83. The quantitative estimate of drug-likeness (QED) is 0.466. The molecule has 186 valence electrons. The molecule has 0 aliphatic carbocycles. The van der Waals surface area contributed by atoms with Gasteiger partial charge in [-0.25, -0.2) is 4.79 Å². The van der Waals surface area contributed by atoms with Gasteiger partial charge in [0.25, 0.3) is 0 Å². The number of piperidine rings is 1. The molecule has 3 aromatic rings. The minimum absolute atomic E-state index is 0.0103. The van der Waals surface area contributed by atoms with Gasteiger partial charge in [-0.3, -0.25) is 4.90 Å². The standard InChI is InChI=1S/C29H31N3O3S/c1-18-10-11-20-21(28(18)33)16-24(35-25(20)17-30)19-12-14-31(15-13-19)29(34)32-22-6-2-4-8-26(22)36-27-9-5-3-7-23(27)32/h2-11,19,24-25,33H,12-17,30H2,1H3. The second kappa shape index (κ2) is 9.47. The third kappa shape index (κ3) is 3.95. The summed E-state index contributed by atoms with van der Waals surface area (Å²) < 4.78 is 6.45. The molecule has 2 atom stereocenters. The van der Waals surface area contributed by atoms with E-state index in [0.717, 1.165) is 50.7 Å². The van der Waals surface area contributed by atoms with Crippen LogP contribution < -0.4 is 10.6 Å². The van der Waals surface area contributed by atoms with Crippen molar-refractivity contribution in [3.63, 3.8) is 0 Å². The topological polar surface area (TPSA) is 79.0 Å². The molecule has 0 radical (unpaired) electrons. The first-order valence-electron chi connectivity index (χ1n) is 12.7. The molecule has 0 spiro atoms. The van der Waals surface area contributed by atoms with Gasteiger partial charge in [-0.1, -0.05) is 48.2 Å². The number of anilines is 2. The molecule has 0 saturated carbocycles. The third-order valence-corrected chi connectivity index (χ3v) is 8.92. The molecular weight excluding hydrogens is 470 g/mol. The Bertz CT molecular complexity index is 1260. The predicted molar refractivity (Wildman–Crippen MR) is 142 cm³/mol. The lowest BCUT2D eigenvalue weighted by Crippen LogP contribution is -2.48. The number of amides is 2. The monoisotopic (exact) mass is 501 g/mol. The van der Waals surface area contributed by atoms with Gasteiger partial charge in [0.2, 0.25) is 0 Å². The van der Waals surface area contributed by atoms with Crippen LogP contribution in [0, 0.1) is 12.8 Å². The molecule has 3 aromatic carbocycles. The van der Waals surface area contributed by atoms with Crippen LogP contribution in [0.1, 0.15) is 35.6 Å². The molecule has 3 aliphatic heterocycles. The fourth-order valence-corrected chi connectivity index (χ4v) is 6.85. The second-order valence-electron chi connectivity index (χ2n) is 9.88. The lowest BCUT2D eigenvalue weighted by Gasteiger charge is -2.42. The first-order chi connectivity index (χ1) is 17.5. The van der Waals surface area contributed by atoms with Gasteiger partial charge in [0.05, 0.1) is 23.6 Å². The molecule has 2 unspecified atom stereocenters. The first kappa shape index (κ1) is 23.4. The molecule has 3 heterocycles. The maximum absolute atomic E-state index is 13.9. The number of nitrogens with two attached hydrogens (primary N) is 1. The van der Waals surface area contributed by atoms with E-state index in [2.05, 4.69) is 12.1 Å². The summed E-state index contributed by atoms with van der Waals surface area (Å²) in [5, 5.41) is 10.7. The lowest BCUT2D eigenvalue weighted by molar-refractivity contribution is -0.0624. The van der Waals surface area contributed by atoms with Crippen LogP contribution in [-0.4, -0.2) is 41.8 Å². The number of carbonyl (C=O) groups excluding carboxylic acids is 1. The van der Waals surface area contributed by atoms with Crippen molar-refractivity contribution >= 4 is 29.2 Å². The number of aryl methyl sites for hydroxylation is 1. The summed E-state index contributed by atoms with van der Waals surface area (Å²) in [4.78, 5) is 19.9. The van der Waals surface area contributed by atoms with Gasteiger partial charge in [-0.15, -0.1) is 0 Å². The van der Waals surface area contributed by atoms with Crippen molar-refractivity contribution in [3.05, 3.63) is 77.4 Å². The molecule has 1 saturated heterocycles. The fraction of sp³-hybridized carbons (Fsp3) is 0.345. The summed E-state index contributed by atoms with van der Waals surface area (Å²) >= 11 is 1.71. The van der Waals surface area contributed by atoms with Crippen molar-refractivity contribution in [2.45, 2.75) is 48.2 Å². The van der Waals surface area contributed by atoms with E-state index in [0.29, 0.717) is 37.7 Å². The molecule has 6 nitrogen and oxygen atoms in total. The molecule has 3 N–H and O–H groups in total. The Labute approximate surface area is 216 Å². The number of fused-ring (bicyclic) bond motifs is 3. The number of para-hydroxylation sites is 2. The number of nitrogens with zero attached hydrogens (tertiary/aromatic N) is 2. The van der Waals surface area contributed by atoms with Crippen LogP contribution in [0.4, 0.5) is 16.2 Å². The van der Waals surface area contributed by atoms with Gasteiger partial charge in [-0.2, -0.15) is 0 Å². The minimum Gasteiger partial charge on any atom is -0.507 e. The number of hydrogen-bond donors (Lipinski definition) is 2. The van der Waals surface area contributed by atoms with Gasteiger partial charge < -0.3 is 20.5 Å². The zero-order chi connectivity index (χ0) is 24.8. The molecule has 0 aromatic heterocycles. The SMILES string of the molecule is Cc1ccc2c(c1O)CC(C1CCN(C(=O)N3c4ccccc4Sc4ccccc43)CC1)OC2CN. The van der Waals surface area contributed by atoms with E-state index < -0.39 is 0 Å². The minimum atomic E-state index is -0.205. The van der Waals surface area contributed by atoms with Gasteiger partial charge in [0.1, 0.15) is 5.75 Å². The number of phenolic OH excluding ortho intramolecular Hbond substituents is 1. The van der Waals surface area contributed by atoms with Crippen LogP contribution >= 0.6 is 11.8 Å². The average molecular weight is 502 g/mol. The van der Waals surface area contributed by atoms with Crippen molar-refractivity contribution in [3.8, 4) is 5.75 Å². The highest BCUT2D eigenvalue weighted by atomic mass is 32.2. The number of benzene rings is 3. The van der Waals surface area contributed by atoms with E-state index in [1.54, 1.807) is 11.8 Å². The van der Waals surface area contributed by atoms with Gasteiger partial charge in [-0.05, 0) is 61.1 Å². The van der Waals surface area contributed by atoms with E-state index in [-0.39, 0.29) is 18.2 Å². The van der Waals surface area contributed by atoms with Crippen molar-refractivity contribution in [1.29, 1.82) is 0 Å². The Morgan fingerprint density at radius 3 is 2.31 bits per heavy atom. The van der Waals surface area contributed by atoms with Crippen LogP contribution in [0.25, 0.3) is 0 Å². The van der Waals surface area contributed by atoms with Crippen molar-refractivity contribution in [1.82, 2.24) is 4.90 Å². The van der Waals surface area contributed by atoms with E-state index in [1.807, 2.05) is 65.3 Å². The van der Waals surface area contributed by atoms with E-state index >= 15 is 0 Å². The number of likely N-dealkylation sites (tertiary alicyclic amines) is 1. The fourth-order valence-electron chi connectivity index (χ4n) is 5.79. The summed E-state index contributed by atoms with van der Waals surface area (Å²) in [6, 6.07) is 20.2. The Kier molecular flexibility index (Phi) is 6.15. The highest BCUT2D eigenvalue weighted by Crippen LogP contribution is 2.48. The number of phenols is 1.